The third kappa shape index (κ3) is 7.75. The molecule has 2 aliphatic carbocycles. The molecule has 3 amide bonds. The predicted octanol–water partition coefficient (Wildman–Crippen LogP) is 7.69. The van der Waals surface area contributed by atoms with Crippen molar-refractivity contribution in [3.8, 4) is 0 Å². The minimum atomic E-state index is -1.19. The number of carbonyl (C=O) groups excluding carboxylic acids is 4. The highest BCUT2D eigenvalue weighted by atomic mass is 16.2. The average molecular weight is 718 g/mol. The van der Waals surface area contributed by atoms with Gasteiger partial charge in [-0.25, -0.2) is 0 Å². The Labute approximate surface area is 313 Å². The second-order valence-corrected chi connectivity index (χ2v) is 15.9. The molecule has 1 spiro atoms. The number of anilines is 1. The zero-order valence-electron chi connectivity index (χ0n) is 31.9. The summed E-state index contributed by atoms with van der Waals surface area (Å²) >= 11 is 0. The van der Waals surface area contributed by atoms with E-state index in [1.54, 1.807) is 25.3 Å². The van der Waals surface area contributed by atoms with Crippen LogP contribution < -0.4 is 21.3 Å². The highest BCUT2D eigenvalue weighted by Gasteiger charge is 2.65. The van der Waals surface area contributed by atoms with Gasteiger partial charge < -0.3 is 26.3 Å². The number of hydrogen-bond donors (Lipinski definition) is 5. The number of nitrogens with one attached hydrogen (secondary N) is 5. The van der Waals surface area contributed by atoms with Gasteiger partial charge in [-0.05, 0) is 82.6 Å². The highest BCUT2D eigenvalue weighted by Crippen LogP contribution is 2.55. The number of allylic oxidation sites excluding steroid dienone is 4. The number of H-pyrrole nitrogens is 1. The molecule has 9 heteroatoms. The summed E-state index contributed by atoms with van der Waals surface area (Å²) in [6.07, 6.45) is 14.1. The third-order valence-electron chi connectivity index (χ3n) is 11.7. The fourth-order valence-corrected chi connectivity index (χ4v) is 8.94. The monoisotopic (exact) mass is 717 g/mol. The molecule has 0 bridgehead atoms. The molecule has 0 radical (unpaired) electrons. The van der Waals surface area contributed by atoms with Crippen molar-refractivity contribution in [3.63, 3.8) is 0 Å². The fourth-order valence-electron chi connectivity index (χ4n) is 8.94. The summed E-state index contributed by atoms with van der Waals surface area (Å²) in [5, 5.41) is 13.6. The Morgan fingerprint density at radius 3 is 2.55 bits per heavy atom. The van der Waals surface area contributed by atoms with Gasteiger partial charge in [0.25, 0.3) is 5.91 Å². The second kappa shape index (κ2) is 16.0. The number of Topliss-reactive ketones (excluding diaryl/α,β-unsaturated/α-hetero) is 1. The number of benzene rings is 2. The lowest BCUT2D eigenvalue weighted by molar-refractivity contribution is -0.145. The van der Waals surface area contributed by atoms with E-state index in [-0.39, 0.29) is 53.9 Å². The first-order valence-corrected chi connectivity index (χ1v) is 19.3. The first-order chi connectivity index (χ1) is 25.4. The Kier molecular flexibility index (Phi) is 11.4. The van der Waals surface area contributed by atoms with Crippen LogP contribution in [0.3, 0.4) is 0 Å². The number of carbonyl (C=O) groups is 4. The minimum absolute atomic E-state index is 0.0387. The van der Waals surface area contributed by atoms with Gasteiger partial charge in [-0.3, -0.25) is 19.2 Å². The van der Waals surface area contributed by atoms with E-state index in [1.165, 1.54) is 11.1 Å². The number of rotatable bonds is 9. The molecule has 1 aliphatic heterocycles. The van der Waals surface area contributed by atoms with Crippen molar-refractivity contribution < 1.29 is 19.2 Å². The summed E-state index contributed by atoms with van der Waals surface area (Å²) in [5.74, 6) is -0.939. The summed E-state index contributed by atoms with van der Waals surface area (Å²) < 4.78 is 0. The normalized spacial score (nSPS) is 27.9. The van der Waals surface area contributed by atoms with E-state index in [0.29, 0.717) is 23.6 Å². The van der Waals surface area contributed by atoms with Gasteiger partial charge in [-0.2, -0.15) is 0 Å². The molecule has 1 fully saturated rings. The molecule has 3 aliphatic rings. The molecule has 5 N–H and O–H groups in total. The van der Waals surface area contributed by atoms with Crippen molar-refractivity contribution in [1.29, 1.82) is 0 Å². The zero-order chi connectivity index (χ0) is 37.9. The number of aromatic nitrogens is 1. The summed E-state index contributed by atoms with van der Waals surface area (Å²) in [4.78, 5) is 59.2. The lowest BCUT2D eigenvalue weighted by atomic mass is 9.54. The van der Waals surface area contributed by atoms with Crippen LogP contribution in [0.15, 0.2) is 84.2 Å². The maximum atomic E-state index is 15.0. The van der Waals surface area contributed by atoms with Gasteiger partial charge >= 0.3 is 0 Å². The predicted molar refractivity (Wildman–Crippen MR) is 212 cm³/mol. The van der Waals surface area contributed by atoms with Gasteiger partial charge in [-0.1, -0.05) is 80.8 Å². The van der Waals surface area contributed by atoms with Crippen LogP contribution in [-0.4, -0.2) is 46.6 Å². The van der Waals surface area contributed by atoms with Gasteiger partial charge in [-0.15, -0.1) is 0 Å². The SMILES string of the molecule is CC1=C[C@@H]2/C=C(/C)CCCCC(Nc3ccccc3C(=O)N[C@H](C)C(=O)N/C=C/c3c[nH]c4ccccc34)CC(=O)[C@]23C(=O)N[C@@H](CC(C)C)[C@@H]3[C@@H]1C. The van der Waals surface area contributed by atoms with Crippen molar-refractivity contribution in [1.82, 2.24) is 20.9 Å². The van der Waals surface area contributed by atoms with Crippen LogP contribution in [0.2, 0.25) is 0 Å². The fraction of sp³-hybridized carbons (Fsp3) is 0.455. The molecule has 9 nitrogen and oxygen atoms in total. The number of ketones is 1. The van der Waals surface area contributed by atoms with Crippen molar-refractivity contribution in [2.24, 2.45) is 29.1 Å². The van der Waals surface area contributed by atoms with Gasteiger partial charge in [0.2, 0.25) is 11.8 Å². The van der Waals surface area contributed by atoms with Gasteiger partial charge in [0.15, 0.2) is 5.78 Å². The average Bonchev–Trinajstić information content (AvgIpc) is 3.66. The molecular weight excluding hydrogens is 663 g/mol. The summed E-state index contributed by atoms with van der Waals surface area (Å²) in [7, 11) is 0. The lowest BCUT2D eigenvalue weighted by Crippen LogP contribution is -2.53. The molecule has 0 saturated carbocycles. The Morgan fingerprint density at radius 1 is 1.00 bits per heavy atom. The van der Waals surface area contributed by atoms with Crippen LogP contribution in [0.1, 0.15) is 96.0 Å². The smallest absolute Gasteiger partial charge is 0.254 e. The summed E-state index contributed by atoms with van der Waals surface area (Å²) in [6, 6.07) is 13.9. The Hall–Kier alpha value is -4.92. The largest absolute Gasteiger partial charge is 0.381 e. The van der Waals surface area contributed by atoms with Crippen molar-refractivity contribution in [2.45, 2.75) is 98.2 Å². The lowest BCUT2D eigenvalue weighted by Gasteiger charge is -2.45. The maximum absolute atomic E-state index is 15.0. The van der Waals surface area contributed by atoms with Crippen molar-refractivity contribution in [2.75, 3.05) is 5.32 Å². The van der Waals surface area contributed by atoms with E-state index < -0.39 is 17.4 Å². The van der Waals surface area contributed by atoms with Crippen LogP contribution in [0.5, 0.6) is 0 Å². The highest BCUT2D eigenvalue weighted by molar-refractivity contribution is 6.10. The number of amides is 3. The molecular formula is C44H55N5O4. The molecule has 1 unspecified atom stereocenters. The first kappa shape index (κ1) is 37.8. The van der Waals surface area contributed by atoms with E-state index in [9.17, 15) is 19.2 Å². The number of para-hydroxylation sites is 2. The molecule has 1 saturated heterocycles. The Morgan fingerprint density at radius 2 is 1.75 bits per heavy atom. The molecule has 280 valence electrons. The molecule has 53 heavy (non-hydrogen) atoms. The van der Waals surface area contributed by atoms with E-state index in [0.717, 1.165) is 42.1 Å². The number of hydrogen-bond acceptors (Lipinski definition) is 5. The molecule has 7 atom stereocenters. The maximum Gasteiger partial charge on any atom is 0.254 e. The molecule has 2 heterocycles. The van der Waals surface area contributed by atoms with Gasteiger partial charge in [0, 0.05) is 64.9 Å². The van der Waals surface area contributed by atoms with Crippen LogP contribution in [-0.2, 0) is 14.4 Å². The topological polar surface area (TPSA) is 132 Å². The Bertz CT molecular complexity index is 1950. The first-order valence-electron chi connectivity index (χ1n) is 19.3. The zero-order valence-corrected chi connectivity index (χ0v) is 31.9. The van der Waals surface area contributed by atoms with E-state index in [1.807, 2.05) is 48.7 Å². The van der Waals surface area contributed by atoms with E-state index in [4.69, 9.17) is 0 Å². The number of aromatic amines is 1. The molecule has 2 aromatic carbocycles. The standard InChI is InChI=1S/C44H55N5O4/c1-26(2)21-38-40-29(5)28(4)23-32-22-27(3)13-7-8-14-33(24-39(50)44(32,40)43(53)49-38)48-37-18-12-10-16-35(37)42(52)47-30(6)41(51)45-20-19-31-25-46-36-17-11-9-15-34(31)36/h9-12,15-20,22-23,25-26,29-30,32-33,38,40,46,48H,7-8,13-14,21,24H2,1-6H3,(H,45,51)(H,47,52)(H,49,53)/b20-19+,27-22-/t29-,30-,32+,33?,38+,40+,44-/m1/s1. The van der Waals surface area contributed by atoms with Gasteiger partial charge in [0.05, 0.1) is 5.56 Å². The van der Waals surface area contributed by atoms with Gasteiger partial charge in [0.1, 0.15) is 11.5 Å². The van der Waals surface area contributed by atoms with Crippen LogP contribution in [0, 0.1) is 29.1 Å². The molecule has 3 aromatic rings. The quantitative estimate of drug-likeness (QED) is 0.114. The van der Waals surface area contributed by atoms with Crippen LogP contribution in [0.4, 0.5) is 5.69 Å². The van der Waals surface area contributed by atoms with Crippen molar-refractivity contribution in [3.05, 3.63) is 95.4 Å². The van der Waals surface area contributed by atoms with E-state index >= 15 is 0 Å². The van der Waals surface area contributed by atoms with Crippen molar-refractivity contribution >= 4 is 46.2 Å². The summed E-state index contributed by atoms with van der Waals surface area (Å²) in [5.41, 5.74) is 4.17. The molecule has 6 rings (SSSR count). The number of fused-ring (bicyclic) bond motifs is 1. The Balaban J connectivity index is 1.20. The summed E-state index contributed by atoms with van der Waals surface area (Å²) in [6.45, 7) is 12.4. The van der Waals surface area contributed by atoms with E-state index in [2.05, 4.69) is 73.0 Å². The van der Waals surface area contributed by atoms with Crippen LogP contribution in [0.25, 0.3) is 17.0 Å². The van der Waals surface area contributed by atoms with Crippen LogP contribution >= 0.6 is 0 Å². The molecule has 1 aromatic heterocycles. The second-order valence-electron chi connectivity index (χ2n) is 15.9. The minimum Gasteiger partial charge on any atom is -0.381 e. The third-order valence-corrected chi connectivity index (χ3v) is 11.7.